The molecule has 3 aromatic rings. The summed E-state index contributed by atoms with van der Waals surface area (Å²) in [5.41, 5.74) is 2.00. The van der Waals surface area contributed by atoms with Gasteiger partial charge in [-0.25, -0.2) is 9.97 Å². The van der Waals surface area contributed by atoms with Crippen LogP contribution in [-0.2, 0) is 6.42 Å². The van der Waals surface area contributed by atoms with Gasteiger partial charge in [-0.1, -0.05) is 35.9 Å². The Kier molecular flexibility index (Phi) is 6.81. The van der Waals surface area contributed by atoms with Crippen LogP contribution in [0.3, 0.4) is 0 Å². The Hall–Kier alpha value is -3.12. The van der Waals surface area contributed by atoms with Gasteiger partial charge in [-0.3, -0.25) is 4.79 Å². The van der Waals surface area contributed by atoms with Crippen molar-refractivity contribution >= 4 is 29.0 Å². The van der Waals surface area contributed by atoms with E-state index in [2.05, 4.69) is 20.6 Å². The van der Waals surface area contributed by atoms with Crippen molar-refractivity contribution in [1.29, 1.82) is 0 Å². The number of hydrogen-bond acceptors (Lipinski definition) is 5. The van der Waals surface area contributed by atoms with Crippen LogP contribution >= 0.6 is 11.6 Å². The normalized spacial score (nSPS) is 10.4. The number of halogens is 1. The van der Waals surface area contributed by atoms with Gasteiger partial charge in [-0.15, -0.1) is 0 Å². The zero-order chi connectivity index (χ0) is 19.8. The molecule has 28 heavy (non-hydrogen) atoms. The number of nitrogens with one attached hydrogen (secondary N) is 2. The summed E-state index contributed by atoms with van der Waals surface area (Å²) in [5, 5.41) is 6.72. The average Bonchev–Trinajstić information content (AvgIpc) is 2.71. The molecular formula is C21H21ClN4O2. The molecule has 7 heteroatoms. The minimum absolute atomic E-state index is 0.231. The summed E-state index contributed by atoms with van der Waals surface area (Å²) in [6.07, 6.45) is 3.82. The van der Waals surface area contributed by atoms with Gasteiger partial charge in [0.1, 0.15) is 17.3 Å². The number of para-hydroxylation sites is 2. The molecule has 0 aliphatic heterocycles. The highest BCUT2D eigenvalue weighted by molar-refractivity contribution is 6.30. The Morgan fingerprint density at radius 2 is 1.86 bits per heavy atom. The summed E-state index contributed by atoms with van der Waals surface area (Å²) in [5.74, 6) is 0.888. The second-order valence-electron chi connectivity index (χ2n) is 5.97. The molecule has 2 aromatic carbocycles. The molecule has 0 aliphatic rings. The molecule has 0 atom stereocenters. The van der Waals surface area contributed by atoms with Crippen molar-refractivity contribution in [3.63, 3.8) is 0 Å². The fourth-order valence-electron chi connectivity index (χ4n) is 2.56. The van der Waals surface area contributed by atoms with Crippen molar-refractivity contribution in [1.82, 2.24) is 9.97 Å². The second kappa shape index (κ2) is 9.71. The molecule has 0 unspecified atom stereocenters. The highest BCUT2D eigenvalue weighted by atomic mass is 35.5. The van der Waals surface area contributed by atoms with Gasteiger partial charge in [-0.05, 0) is 43.2 Å². The molecule has 1 heterocycles. The quantitative estimate of drug-likeness (QED) is 0.588. The lowest BCUT2D eigenvalue weighted by molar-refractivity contribution is 0.102. The first kappa shape index (κ1) is 19.6. The smallest absolute Gasteiger partial charge is 0.275 e. The van der Waals surface area contributed by atoms with E-state index < -0.39 is 0 Å². The Balaban J connectivity index is 1.55. The average molecular weight is 397 g/mol. The number of amides is 1. The molecule has 3 rings (SSSR count). The Bertz CT molecular complexity index is 914. The highest BCUT2D eigenvalue weighted by Crippen LogP contribution is 2.24. The van der Waals surface area contributed by atoms with Gasteiger partial charge in [0.05, 0.1) is 24.7 Å². The van der Waals surface area contributed by atoms with Crippen molar-refractivity contribution in [3.8, 4) is 5.75 Å². The predicted molar refractivity (Wildman–Crippen MR) is 111 cm³/mol. The highest BCUT2D eigenvalue weighted by Gasteiger charge is 2.11. The number of carbonyl (C=O) groups is 1. The zero-order valence-electron chi connectivity index (χ0n) is 15.5. The number of ether oxygens (including phenoxy) is 1. The number of carbonyl (C=O) groups excluding carboxylic acids is 1. The standard InChI is InChI=1S/C21H21ClN4O2/c1-2-28-19-6-4-3-5-17(19)26-21(27)18-13-25-20(14-24-18)23-12-11-15-7-9-16(22)10-8-15/h3-10,13-14H,2,11-12H2,1H3,(H,23,25)(H,26,27). The number of hydrogen-bond donors (Lipinski definition) is 2. The van der Waals surface area contributed by atoms with Crippen LogP contribution in [-0.4, -0.2) is 29.0 Å². The lowest BCUT2D eigenvalue weighted by Crippen LogP contribution is -2.15. The van der Waals surface area contributed by atoms with E-state index in [-0.39, 0.29) is 11.6 Å². The molecule has 1 amide bonds. The van der Waals surface area contributed by atoms with Crippen molar-refractivity contribution in [2.75, 3.05) is 23.8 Å². The van der Waals surface area contributed by atoms with Gasteiger partial charge in [-0.2, -0.15) is 0 Å². The third kappa shape index (κ3) is 5.44. The van der Waals surface area contributed by atoms with E-state index in [1.54, 1.807) is 18.3 Å². The molecule has 0 radical (unpaired) electrons. The topological polar surface area (TPSA) is 76.1 Å². The van der Waals surface area contributed by atoms with Crippen LogP contribution in [0.2, 0.25) is 5.02 Å². The Morgan fingerprint density at radius 3 is 2.57 bits per heavy atom. The van der Waals surface area contributed by atoms with Gasteiger partial charge in [0.15, 0.2) is 0 Å². The molecule has 144 valence electrons. The maximum atomic E-state index is 12.4. The molecule has 1 aromatic heterocycles. The third-order valence-corrected chi connectivity index (χ3v) is 4.20. The Morgan fingerprint density at radius 1 is 1.07 bits per heavy atom. The number of nitrogens with zero attached hydrogens (tertiary/aromatic N) is 2. The first-order valence-corrected chi connectivity index (χ1v) is 9.37. The van der Waals surface area contributed by atoms with E-state index in [9.17, 15) is 4.79 Å². The molecule has 2 N–H and O–H groups in total. The van der Waals surface area contributed by atoms with Crippen LogP contribution in [0.4, 0.5) is 11.5 Å². The maximum absolute atomic E-state index is 12.4. The van der Waals surface area contributed by atoms with Gasteiger partial charge < -0.3 is 15.4 Å². The van der Waals surface area contributed by atoms with Crippen LogP contribution in [0.5, 0.6) is 5.75 Å². The second-order valence-corrected chi connectivity index (χ2v) is 6.41. The van der Waals surface area contributed by atoms with Gasteiger partial charge >= 0.3 is 0 Å². The van der Waals surface area contributed by atoms with Crippen LogP contribution in [0, 0.1) is 0 Å². The monoisotopic (exact) mass is 396 g/mol. The van der Waals surface area contributed by atoms with Crippen molar-refractivity contribution in [3.05, 3.63) is 77.2 Å². The van der Waals surface area contributed by atoms with Gasteiger partial charge in [0, 0.05) is 11.6 Å². The van der Waals surface area contributed by atoms with Crippen molar-refractivity contribution in [2.24, 2.45) is 0 Å². The molecular weight excluding hydrogens is 376 g/mol. The fourth-order valence-corrected chi connectivity index (χ4v) is 2.69. The first-order valence-electron chi connectivity index (χ1n) is 8.99. The zero-order valence-corrected chi connectivity index (χ0v) is 16.2. The van der Waals surface area contributed by atoms with Crippen LogP contribution in [0.15, 0.2) is 60.9 Å². The third-order valence-electron chi connectivity index (χ3n) is 3.95. The minimum atomic E-state index is -0.340. The predicted octanol–water partition coefficient (Wildman–Crippen LogP) is 4.44. The van der Waals surface area contributed by atoms with Crippen LogP contribution < -0.4 is 15.4 Å². The molecule has 0 saturated heterocycles. The van der Waals surface area contributed by atoms with Crippen LogP contribution in [0.25, 0.3) is 0 Å². The number of rotatable bonds is 8. The lowest BCUT2D eigenvalue weighted by Gasteiger charge is -2.11. The summed E-state index contributed by atoms with van der Waals surface area (Å²) >= 11 is 5.88. The van der Waals surface area contributed by atoms with E-state index >= 15 is 0 Å². The number of benzene rings is 2. The molecule has 0 saturated carbocycles. The number of anilines is 2. The van der Waals surface area contributed by atoms with E-state index in [0.29, 0.717) is 30.4 Å². The molecule has 0 bridgehead atoms. The summed E-state index contributed by atoms with van der Waals surface area (Å²) in [4.78, 5) is 20.9. The summed E-state index contributed by atoms with van der Waals surface area (Å²) in [6.45, 7) is 3.11. The lowest BCUT2D eigenvalue weighted by atomic mass is 10.1. The fraction of sp³-hybridized carbons (Fsp3) is 0.190. The summed E-state index contributed by atoms with van der Waals surface area (Å²) in [7, 11) is 0. The summed E-state index contributed by atoms with van der Waals surface area (Å²) in [6, 6.07) is 15.0. The van der Waals surface area contributed by atoms with E-state index in [4.69, 9.17) is 16.3 Å². The van der Waals surface area contributed by atoms with Gasteiger partial charge in [0.2, 0.25) is 0 Å². The largest absolute Gasteiger partial charge is 0.492 e. The first-order chi connectivity index (χ1) is 13.7. The molecule has 6 nitrogen and oxygen atoms in total. The molecule has 0 aliphatic carbocycles. The van der Waals surface area contributed by atoms with E-state index in [1.807, 2.05) is 43.3 Å². The van der Waals surface area contributed by atoms with Gasteiger partial charge in [0.25, 0.3) is 5.91 Å². The molecule has 0 fully saturated rings. The molecule has 0 spiro atoms. The van der Waals surface area contributed by atoms with E-state index in [1.165, 1.54) is 11.8 Å². The van der Waals surface area contributed by atoms with E-state index in [0.717, 1.165) is 11.4 Å². The number of aromatic nitrogens is 2. The van der Waals surface area contributed by atoms with Crippen molar-refractivity contribution < 1.29 is 9.53 Å². The van der Waals surface area contributed by atoms with Crippen LogP contribution in [0.1, 0.15) is 23.0 Å². The SMILES string of the molecule is CCOc1ccccc1NC(=O)c1cnc(NCCc2ccc(Cl)cc2)cn1. The maximum Gasteiger partial charge on any atom is 0.275 e. The van der Waals surface area contributed by atoms with Crippen molar-refractivity contribution in [2.45, 2.75) is 13.3 Å². The minimum Gasteiger partial charge on any atom is -0.492 e. The summed E-state index contributed by atoms with van der Waals surface area (Å²) < 4.78 is 5.51. The Labute approximate surface area is 168 Å².